The Morgan fingerprint density at radius 1 is 1.05 bits per heavy atom. The molecule has 1 N–H and O–H groups in total. The van der Waals surface area contributed by atoms with Gasteiger partial charge in [-0.1, -0.05) is 6.07 Å². The molecular weight excluding hydrogens is 271 g/mol. The fourth-order valence-electron chi connectivity index (χ4n) is 1.50. The van der Waals surface area contributed by atoms with Crippen LogP contribution in [-0.2, 0) is 4.79 Å². The van der Waals surface area contributed by atoms with Crippen LogP contribution in [0.4, 0.5) is 18.9 Å². The number of amides is 1. The van der Waals surface area contributed by atoms with Gasteiger partial charge in [-0.15, -0.1) is 0 Å². The number of carbonyl (C=O) groups is 1. The fourth-order valence-corrected chi connectivity index (χ4v) is 1.50. The third kappa shape index (κ3) is 3.74. The maximum Gasteiger partial charge on any atom is 0.262 e. The normalized spacial score (nSPS) is 10.2. The zero-order valence-corrected chi connectivity index (χ0v) is 10.2. The molecule has 2 aromatic rings. The Labute approximate surface area is 113 Å². The highest BCUT2D eigenvalue weighted by Gasteiger charge is 2.08. The van der Waals surface area contributed by atoms with Crippen LogP contribution in [0.3, 0.4) is 0 Å². The number of rotatable bonds is 4. The van der Waals surface area contributed by atoms with Gasteiger partial charge in [0.2, 0.25) is 0 Å². The van der Waals surface area contributed by atoms with Crippen molar-refractivity contribution in [1.82, 2.24) is 0 Å². The summed E-state index contributed by atoms with van der Waals surface area (Å²) in [5, 5.41) is 2.38. The van der Waals surface area contributed by atoms with Crippen molar-refractivity contribution in [2.45, 2.75) is 0 Å². The van der Waals surface area contributed by atoms with Gasteiger partial charge in [0.1, 0.15) is 11.6 Å². The second-order valence-corrected chi connectivity index (χ2v) is 3.92. The van der Waals surface area contributed by atoms with Crippen LogP contribution in [-0.4, -0.2) is 12.5 Å². The third-order valence-electron chi connectivity index (χ3n) is 2.36. The van der Waals surface area contributed by atoms with Crippen molar-refractivity contribution >= 4 is 11.6 Å². The first kappa shape index (κ1) is 13.9. The number of benzene rings is 2. The summed E-state index contributed by atoms with van der Waals surface area (Å²) >= 11 is 0. The van der Waals surface area contributed by atoms with Crippen LogP contribution < -0.4 is 10.1 Å². The monoisotopic (exact) mass is 281 g/mol. The summed E-state index contributed by atoms with van der Waals surface area (Å²) in [5.74, 6) is -2.95. The molecule has 0 fully saturated rings. The molecule has 3 nitrogen and oxygen atoms in total. The Morgan fingerprint density at radius 3 is 2.50 bits per heavy atom. The molecule has 2 rings (SSSR count). The molecule has 6 heteroatoms. The number of hydrogen-bond acceptors (Lipinski definition) is 2. The third-order valence-corrected chi connectivity index (χ3v) is 2.36. The molecule has 0 aromatic heterocycles. The molecule has 0 aliphatic rings. The molecule has 0 heterocycles. The van der Waals surface area contributed by atoms with E-state index >= 15 is 0 Å². The summed E-state index contributed by atoms with van der Waals surface area (Å²) in [6.45, 7) is -0.473. The molecule has 0 saturated heterocycles. The highest BCUT2D eigenvalue weighted by Crippen LogP contribution is 2.17. The first-order valence-corrected chi connectivity index (χ1v) is 5.68. The summed E-state index contributed by atoms with van der Waals surface area (Å²) in [4.78, 5) is 11.5. The zero-order valence-electron chi connectivity index (χ0n) is 10.2. The Morgan fingerprint density at radius 2 is 1.80 bits per heavy atom. The SMILES string of the molecule is O=C(COc1ccc(F)cc1F)Nc1cccc(F)c1. The highest BCUT2D eigenvalue weighted by atomic mass is 19.1. The first-order chi connectivity index (χ1) is 9.54. The lowest BCUT2D eigenvalue weighted by Crippen LogP contribution is -2.20. The summed E-state index contributed by atoms with van der Waals surface area (Å²) in [5.41, 5.74) is 0.262. The molecule has 0 aliphatic carbocycles. The van der Waals surface area contributed by atoms with Gasteiger partial charge in [-0.05, 0) is 30.3 Å². The molecule has 0 aliphatic heterocycles. The Bertz CT molecular complexity index is 632. The van der Waals surface area contributed by atoms with E-state index in [4.69, 9.17) is 4.74 Å². The van der Waals surface area contributed by atoms with Gasteiger partial charge in [0, 0.05) is 11.8 Å². The molecular formula is C14H10F3NO2. The predicted molar refractivity (Wildman–Crippen MR) is 66.9 cm³/mol. The average molecular weight is 281 g/mol. The minimum atomic E-state index is -0.899. The molecule has 0 atom stereocenters. The molecule has 0 radical (unpaired) electrons. The van der Waals surface area contributed by atoms with E-state index in [0.29, 0.717) is 6.07 Å². The van der Waals surface area contributed by atoms with Crippen molar-refractivity contribution in [1.29, 1.82) is 0 Å². The standard InChI is InChI=1S/C14H10F3NO2/c15-9-2-1-3-11(6-9)18-14(19)8-20-13-5-4-10(16)7-12(13)17/h1-7H,8H2,(H,18,19). The van der Waals surface area contributed by atoms with E-state index in [-0.39, 0.29) is 11.4 Å². The lowest BCUT2D eigenvalue weighted by atomic mass is 10.3. The number of ether oxygens (including phenoxy) is 1. The van der Waals surface area contributed by atoms with Crippen LogP contribution in [0, 0.1) is 17.5 Å². The number of carbonyl (C=O) groups excluding carboxylic acids is 1. The lowest BCUT2D eigenvalue weighted by Gasteiger charge is -2.08. The van der Waals surface area contributed by atoms with E-state index < -0.39 is 30.0 Å². The Kier molecular flexibility index (Phi) is 4.24. The van der Waals surface area contributed by atoms with Gasteiger partial charge >= 0.3 is 0 Å². The van der Waals surface area contributed by atoms with Crippen molar-refractivity contribution in [3.63, 3.8) is 0 Å². The molecule has 2 aromatic carbocycles. The lowest BCUT2D eigenvalue weighted by molar-refractivity contribution is -0.118. The summed E-state index contributed by atoms with van der Waals surface area (Å²) in [7, 11) is 0. The summed E-state index contributed by atoms with van der Waals surface area (Å²) in [6.07, 6.45) is 0. The molecule has 104 valence electrons. The van der Waals surface area contributed by atoms with Crippen LogP contribution in [0.15, 0.2) is 42.5 Å². The van der Waals surface area contributed by atoms with Crippen molar-refractivity contribution < 1.29 is 22.7 Å². The van der Waals surface area contributed by atoms with E-state index in [0.717, 1.165) is 18.2 Å². The Balaban J connectivity index is 1.92. The predicted octanol–water partition coefficient (Wildman–Crippen LogP) is 3.12. The van der Waals surface area contributed by atoms with Crippen LogP contribution in [0.1, 0.15) is 0 Å². The van der Waals surface area contributed by atoms with Crippen molar-refractivity contribution in [2.24, 2.45) is 0 Å². The van der Waals surface area contributed by atoms with Gasteiger partial charge < -0.3 is 10.1 Å². The van der Waals surface area contributed by atoms with Gasteiger partial charge in [-0.2, -0.15) is 0 Å². The van der Waals surface area contributed by atoms with Crippen molar-refractivity contribution in [3.8, 4) is 5.75 Å². The molecule has 0 bridgehead atoms. The topological polar surface area (TPSA) is 38.3 Å². The van der Waals surface area contributed by atoms with E-state index in [9.17, 15) is 18.0 Å². The molecule has 0 saturated carbocycles. The van der Waals surface area contributed by atoms with Crippen LogP contribution in [0.5, 0.6) is 5.75 Å². The molecule has 20 heavy (non-hydrogen) atoms. The highest BCUT2D eigenvalue weighted by molar-refractivity contribution is 5.91. The maximum atomic E-state index is 13.2. The van der Waals surface area contributed by atoms with Crippen LogP contribution in [0.25, 0.3) is 0 Å². The number of anilines is 1. The summed E-state index contributed by atoms with van der Waals surface area (Å²) < 4.78 is 43.7. The van der Waals surface area contributed by atoms with Gasteiger partial charge in [-0.3, -0.25) is 4.79 Å². The molecule has 0 spiro atoms. The van der Waals surface area contributed by atoms with Crippen LogP contribution >= 0.6 is 0 Å². The zero-order chi connectivity index (χ0) is 14.5. The number of nitrogens with one attached hydrogen (secondary N) is 1. The van der Waals surface area contributed by atoms with Gasteiger partial charge in [-0.25, -0.2) is 13.2 Å². The minimum Gasteiger partial charge on any atom is -0.481 e. The van der Waals surface area contributed by atoms with Gasteiger partial charge in [0.05, 0.1) is 0 Å². The number of hydrogen-bond donors (Lipinski definition) is 1. The molecule has 1 amide bonds. The van der Waals surface area contributed by atoms with Crippen molar-refractivity contribution in [3.05, 3.63) is 59.9 Å². The van der Waals surface area contributed by atoms with E-state index in [1.54, 1.807) is 0 Å². The van der Waals surface area contributed by atoms with E-state index in [2.05, 4.69) is 5.32 Å². The first-order valence-electron chi connectivity index (χ1n) is 5.68. The minimum absolute atomic E-state index is 0.235. The molecule has 0 unspecified atom stereocenters. The van der Waals surface area contributed by atoms with Gasteiger partial charge in [0.15, 0.2) is 18.2 Å². The summed E-state index contributed by atoms with van der Waals surface area (Å²) in [6, 6.07) is 8.06. The second kappa shape index (κ2) is 6.10. The van der Waals surface area contributed by atoms with E-state index in [1.165, 1.54) is 18.2 Å². The van der Waals surface area contributed by atoms with Gasteiger partial charge in [0.25, 0.3) is 5.91 Å². The quantitative estimate of drug-likeness (QED) is 0.935. The fraction of sp³-hybridized carbons (Fsp3) is 0.0714. The largest absolute Gasteiger partial charge is 0.481 e. The van der Waals surface area contributed by atoms with Crippen molar-refractivity contribution in [2.75, 3.05) is 11.9 Å². The van der Waals surface area contributed by atoms with Crippen LogP contribution in [0.2, 0.25) is 0 Å². The second-order valence-electron chi connectivity index (χ2n) is 3.92. The average Bonchev–Trinajstić information content (AvgIpc) is 2.37. The maximum absolute atomic E-state index is 13.2. The Hall–Kier alpha value is -2.50. The van der Waals surface area contributed by atoms with E-state index in [1.807, 2.05) is 0 Å². The number of halogens is 3. The smallest absolute Gasteiger partial charge is 0.262 e.